The first kappa shape index (κ1) is 14.3. The summed E-state index contributed by atoms with van der Waals surface area (Å²) < 4.78 is 6.97. The van der Waals surface area contributed by atoms with Crippen molar-refractivity contribution in [3.8, 4) is 5.75 Å². The van der Waals surface area contributed by atoms with E-state index in [1.165, 1.54) is 6.07 Å². The minimum atomic E-state index is -0.0485. The number of nitrogens with zero attached hydrogens (tertiary/aromatic N) is 2. The fourth-order valence-electron chi connectivity index (χ4n) is 2.15. The molecule has 0 saturated heterocycles. The maximum absolute atomic E-state index is 11.9. The van der Waals surface area contributed by atoms with E-state index >= 15 is 0 Å². The molecule has 0 aliphatic rings. The van der Waals surface area contributed by atoms with Crippen LogP contribution in [-0.4, -0.2) is 23.7 Å². The number of likely N-dealkylation sites (N-methyl/N-ethyl adjacent to an activating group) is 1. The van der Waals surface area contributed by atoms with Crippen LogP contribution in [0.25, 0.3) is 0 Å². The number of aryl methyl sites for hydroxylation is 1. The van der Waals surface area contributed by atoms with Gasteiger partial charge in [0.1, 0.15) is 5.75 Å². The van der Waals surface area contributed by atoms with E-state index in [-0.39, 0.29) is 11.6 Å². The van der Waals surface area contributed by atoms with Crippen LogP contribution in [0.5, 0.6) is 5.75 Å². The quantitative estimate of drug-likeness (QED) is 0.897. The predicted octanol–water partition coefficient (Wildman–Crippen LogP) is 1.52. The fraction of sp³-hybridized carbons (Fsp3) is 0.333. The molecule has 1 heterocycles. The number of rotatable bonds is 5. The molecule has 2 rings (SSSR count). The third kappa shape index (κ3) is 3.05. The molecule has 0 radical (unpaired) electrons. The summed E-state index contributed by atoms with van der Waals surface area (Å²) in [6, 6.07) is 9.30. The minimum absolute atomic E-state index is 0.0200. The van der Waals surface area contributed by atoms with Crippen LogP contribution < -0.4 is 15.6 Å². The van der Waals surface area contributed by atoms with Crippen LogP contribution in [0.4, 0.5) is 0 Å². The lowest BCUT2D eigenvalue weighted by Crippen LogP contribution is -2.29. The maximum Gasteiger partial charge on any atom is 0.253 e. The van der Waals surface area contributed by atoms with Crippen molar-refractivity contribution >= 4 is 0 Å². The van der Waals surface area contributed by atoms with Crippen molar-refractivity contribution < 1.29 is 4.74 Å². The van der Waals surface area contributed by atoms with Gasteiger partial charge in [-0.25, -0.2) is 4.98 Å². The minimum Gasteiger partial charge on any atom is -0.496 e. The predicted molar refractivity (Wildman–Crippen MR) is 78.0 cm³/mol. The van der Waals surface area contributed by atoms with Crippen LogP contribution in [0.3, 0.4) is 0 Å². The molecule has 1 atom stereocenters. The van der Waals surface area contributed by atoms with Crippen molar-refractivity contribution in [2.24, 2.45) is 0 Å². The van der Waals surface area contributed by atoms with Crippen molar-refractivity contribution in [2.75, 3.05) is 14.2 Å². The summed E-state index contributed by atoms with van der Waals surface area (Å²) in [5.41, 5.74) is 1.70. The van der Waals surface area contributed by atoms with Crippen LogP contribution in [0.1, 0.15) is 17.3 Å². The van der Waals surface area contributed by atoms with Crippen molar-refractivity contribution in [1.29, 1.82) is 0 Å². The average Bonchev–Trinajstić information content (AvgIpc) is 2.46. The van der Waals surface area contributed by atoms with Crippen molar-refractivity contribution in [2.45, 2.75) is 19.5 Å². The summed E-state index contributed by atoms with van der Waals surface area (Å²) in [5, 5.41) is 3.22. The Morgan fingerprint density at radius 1 is 1.40 bits per heavy atom. The van der Waals surface area contributed by atoms with Gasteiger partial charge in [-0.1, -0.05) is 18.2 Å². The molecule has 0 amide bonds. The van der Waals surface area contributed by atoms with Crippen LogP contribution in [0.15, 0.2) is 41.5 Å². The van der Waals surface area contributed by atoms with Crippen molar-refractivity contribution in [1.82, 2.24) is 14.9 Å². The van der Waals surface area contributed by atoms with Gasteiger partial charge >= 0.3 is 0 Å². The second-order valence-corrected chi connectivity index (χ2v) is 4.60. The van der Waals surface area contributed by atoms with E-state index in [1.54, 1.807) is 18.0 Å². The van der Waals surface area contributed by atoms with Gasteiger partial charge in [0.25, 0.3) is 5.56 Å². The summed E-state index contributed by atoms with van der Waals surface area (Å²) in [7, 11) is 3.51. The number of nitrogens with one attached hydrogen (secondary N) is 1. The molecule has 0 aliphatic carbocycles. The highest BCUT2D eigenvalue weighted by Crippen LogP contribution is 2.25. The first-order valence-electron chi connectivity index (χ1n) is 6.49. The summed E-state index contributed by atoms with van der Waals surface area (Å²) in [5.74, 6) is 0.806. The third-order valence-electron chi connectivity index (χ3n) is 3.26. The Morgan fingerprint density at radius 2 is 2.15 bits per heavy atom. The van der Waals surface area contributed by atoms with E-state index in [0.717, 1.165) is 17.0 Å². The molecule has 5 nitrogen and oxygen atoms in total. The van der Waals surface area contributed by atoms with Gasteiger partial charge in [-0.05, 0) is 20.0 Å². The number of para-hydroxylation sites is 1. The molecule has 5 heteroatoms. The van der Waals surface area contributed by atoms with E-state index in [1.807, 2.05) is 38.2 Å². The summed E-state index contributed by atoms with van der Waals surface area (Å²) in [6.45, 7) is 2.31. The lowest BCUT2D eigenvalue weighted by atomic mass is 10.1. The first-order valence-corrected chi connectivity index (χ1v) is 6.49. The molecule has 1 aromatic heterocycles. The van der Waals surface area contributed by atoms with E-state index < -0.39 is 0 Å². The van der Waals surface area contributed by atoms with Gasteiger partial charge in [0.2, 0.25) is 0 Å². The van der Waals surface area contributed by atoms with Crippen LogP contribution >= 0.6 is 0 Å². The van der Waals surface area contributed by atoms with Gasteiger partial charge in [0, 0.05) is 23.9 Å². The van der Waals surface area contributed by atoms with Crippen molar-refractivity contribution in [3.63, 3.8) is 0 Å². The monoisotopic (exact) mass is 273 g/mol. The van der Waals surface area contributed by atoms with Crippen molar-refractivity contribution in [3.05, 3.63) is 58.3 Å². The third-order valence-corrected chi connectivity index (χ3v) is 3.26. The normalized spacial score (nSPS) is 12.2. The van der Waals surface area contributed by atoms with Crippen LogP contribution in [-0.2, 0) is 6.54 Å². The Bertz CT molecular complexity index is 637. The molecule has 20 heavy (non-hydrogen) atoms. The highest BCUT2D eigenvalue weighted by Gasteiger charge is 2.15. The fourth-order valence-corrected chi connectivity index (χ4v) is 2.15. The molecule has 1 N–H and O–H groups in total. The Balaban J connectivity index is 2.31. The summed E-state index contributed by atoms with van der Waals surface area (Å²) >= 11 is 0. The number of benzene rings is 1. The number of hydrogen-bond donors (Lipinski definition) is 1. The van der Waals surface area contributed by atoms with Gasteiger partial charge < -0.3 is 10.1 Å². The second-order valence-electron chi connectivity index (χ2n) is 4.60. The Kier molecular flexibility index (Phi) is 4.53. The number of hydrogen-bond acceptors (Lipinski definition) is 4. The van der Waals surface area contributed by atoms with Crippen LogP contribution in [0.2, 0.25) is 0 Å². The largest absolute Gasteiger partial charge is 0.496 e. The van der Waals surface area contributed by atoms with E-state index in [9.17, 15) is 4.79 Å². The van der Waals surface area contributed by atoms with E-state index in [0.29, 0.717) is 6.54 Å². The average molecular weight is 273 g/mol. The zero-order valence-electron chi connectivity index (χ0n) is 12.0. The number of methoxy groups -OCH3 is 1. The standard InChI is InChI=1S/C15H19N3O2/c1-11-8-15(19)18(10-17-11)9-13(16-2)12-6-4-5-7-14(12)20-3/h4-8,10,13,16H,9H2,1-3H3. The molecule has 2 aromatic rings. The Hall–Kier alpha value is -2.14. The van der Waals surface area contributed by atoms with Gasteiger partial charge in [0.15, 0.2) is 0 Å². The topological polar surface area (TPSA) is 56.2 Å². The number of ether oxygens (including phenoxy) is 1. The highest BCUT2D eigenvalue weighted by atomic mass is 16.5. The number of aromatic nitrogens is 2. The molecule has 0 bridgehead atoms. The molecule has 0 aliphatic heterocycles. The van der Waals surface area contributed by atoms with Gasteiger partial charge in [-0.2, -0.15) is 0 Å². The highest BCUT2D eigenvalue weighted by molar-refractivity contribution is 5.35. The zero-order chi connectivity index (χ0) is 14.5. The smallest absolute Gasteiger partial charge is 0.253 e. The zero-order valence-corrected chi connectivity index (χ0v) is 12.0. The molecule has 1 unspecified atom stereocenters. The molecular formula is C15H19N3O2. The molecule has 1 aromatic carbocycles. The maximum atomic E-state index is 11.9. The van der Waals surface area contributed by atoms with Gasteiger partial charge in [0.05, 0.1) is 19.5 Å². The Labute approximate surface area is 118 Å². The van der Waals surface area contributed by atoms with E-state index in [4.69, 9.17) is 4.74 Å². The summed E-state index contributed by atoms with van der Waals surface area (Å²) in [4.78, 5) is 16.1. The van der Waals surface area contributed by atoms with Crippen LogP contribution in [0, 0.1) is 6.92 Å². The molecule has 0 fully saturated rings. The molecule has 106 valence electrons. The summed E-state index contributed by atoms with van der Waals surface area (Å²) in [6.07, 6.45) is 1.58. The molecular weight excluding hydrogens is 254 g/mol. The SMILES string of the molecule is CNC(Cn1cnc(C)cc1=O)c1ccccc1OC. The molecule has 0 spiro atoms. The Morgan fingerprint density at radius 3 is 2.80 bits per heavy atom. The first-order chi connectivity index (χ1) is 9.65. The van der Waals surface area contributed by atoms with Gasteiger partial charge in [-0.3, -0.25) is 9.36 Å². The van der Waals surface area contributed by atoms with Gasteiger partial charge in [-0.15, -0.1) is 0 Å². The molecule has 0 saturated carbocycles. The van der Waals surface area contributed by atoms with E-state index in [2.05, 4.69) is 10.3 Å². The lowest BCUT2D eigenvalue weighted by molar-refractivity contribution is 0.393. The second kappa shape index (κ2) is 6.34. The lowest BCUT2D eigenvalue weighted by Gasteiger charge is -2.20.